The number of methoxy groups -OCH3 is 1. The van der Waals surface area contributed by atoms with Crippen LogP contribution in [0.2, 0.25) is 0 Å². The van der Waals surface area contributed by atoms with Crippen molar-refractivity contribution in [2.24, 2.45) is 0 Å². The Bertz CT molecular complexity index is 703. The number of rotatable bonds is 4. The van der Waals surface area contributed by atoms with E-state index in [0.717, 1.165) is 30.2 Å². The van der Waals surface area contributed by atoms with Crippen LogP contribution in [0.5, 0.6) is 5.75 Å². The molecule has 3 rings (SSSR count). The zero-order valence-corrected chi connectivity index (χ0v) is 14.2. The minimum atomic E-state index is -0.0525. The first kappa shape index (κ1) is 16.2. The summed E-state index contributed by atoms with van der Waals surface area (Å²) in [7, 11) is 1.66. The molecular formula is C19H23N3O2. The van der Waals surface area contributed by atoms with E-state index in [-0.39, 0.29) is 6.03 Å². The zero-order valence-electron chi connectivity index (χ0n) is 14.2. The lowest BCUT2D eigenvalue weighted by Crippen LogP contribution is -2.48. The van der Waals surface area contributed by atoms with E-state index in [4.69, 9.17) is 4.74 Å². The van der Waals surface area contributed by atoms with Crippen molar-refractivity contribution in [1.29, 1.82) is 0 Å². The van der Waals surface area contributed by atoms with Gasteiger partial charge in [-0.1, -0.05) is 30.3 Å². The summed E-state index contributed by atoms with van der Waals surface area (Å²) in [5.74, 6) is 0.796. The summed E-state index contributed by atoms with van der Waals surface area (Å²) in [6.45, 7) is 4.81. The van der Waals surface area contributed by atoms with Crippen LogP contribution in [-0.2, 0) is 6.54 Å². The lowest BCUT2D eigenvalue weighted by Gasteiger charge is -2.38. The highest BCUT2D eigenvalue weighted by molar-refractivity contribution is 5.97. The number of nitrogens with one attached hydrogen (secondary N) is 1. The Labute approximate surface area is 142 Å². The number of urea groups is 1. The van der Waals surface area contributed by atoms with E-state index in [1.165, 1.54) is 5.56 Å². The Morgan fingerprint density at radius 3 is 2.62 bits per heavy atom. The van der Waals surface area contributed by atoms with Crippen LogP contribution in [0.4, 0.5) is 16.2 Å². The fourth-order valence-electron chi connectivity index (χ4n) is 3.00. The molecule has 24 heavy (non-hydrogen) atoms. The first-order valence-electron chi connectivity index (χ1n) is 8.25. The molecule has 0 aromatic heterocycles. The Balaban J connectivity index is 1.93. The van der Waals surface area contributed by atoms with Crippen LogP contribution in [-0.4, -0.2) is 32.8 Å². The van der Waals surface area contributed by atoms with E-state index < -0.39 is 0 Å². The summed E-state index contributed by atoms with van der Waals surface area (Å²) in [5.41, 5.74) is 3.19. The van der Waals surface area contributed by atoms with Crippen LogP contribution in [0.15, 0.2) is 48.5 Å². The lowest BCUT2D eigenvalue weighted by atomic mass is 10.1. The molecule has 0 fully saturated rings. The van der Waals surface area contributed by atoms with Crippen molar-refractivity contribution < 1.29 is 9.53 Å². The molecule has 126 valence electrons. The number of ether oxygens (including phenoxy) is 1. The summed E-state index contributed by atoms with van der Waals surface area (Å²) in [6.07, 6.45) is 0. The molecule has 1 N–H and O–H groups in total. The Kier molecular flexibility index (Phi) is 4.89. The maximum atomic E-state index is 12.3. The second-order valence-electron chi connectivity index (χ2n) is 5.75. The average Bonchev–Trinajstić information content (AvgIpc) is 2.62. The third kappa shape index (κ3) is 3.30. The molecular weight excluding hydrogens is 302 g/mol. The molecule has 0 unspecified atom stereocenters. The normalized spacial score (nSPS) is 13.4. The van der Waals surface area contributed by atoms with Crippen molar-refractivity contribution in [3.63, 3.8) is 0 Å². The molecule has 2 amide bonds. The maximum absolute atomic E-state index is 12.3. The molecule has 0 saturated heterocycles. The Morgan fingerprint density at radius 2 is 1.92 bits per heavy atom. The minimum Gasteiger partial charge on any atom is -0.497 e. The molecule has 1 heterocycles. The maximum Gasteiger partial charge on any atom is 0.321 e. The summed E-state index contributed by atoms with van der Waals surface area (Å²) in [6, 6.07) is 16.2. The standard InChI is InChI=1S/C19H23N3O2/c1-3-20-19(23)22-12-11-21(14-15-7-5-4-6-8-15)18-13-16(24-2)9-10-17(18)22/h4-10,13H,3,11-12,14H2,1-2H3,(H,20,23). The Morgan fingerprint density at radius 1 is 1.12 bits per heavy atom. The number of benzene rings is 2. The first-order valence-corrected chi connectivity index (χ1v) is 8.25. The fraction of sp³-hybridized carbons (Fsp3) is 0.316. The topological polar surface area (TPSA) is 44.8 Å². The van der Waals surface area contributed by atoms with Gasteiger partial charge in [0.2, 0.25) is 0 Å². The monoisotopic (exact) mass is 325 g/mol. The van der Waals surface area contributed by atoms with Gasteiger partial charge in [-0.15, -0.1) is 0 Å². The van der Waals surface area contributed by atoms with Gasteiger partial charge in [0.15, 0.2) is 0 Å². The number of nitrogens with zero attached hydrogens (tertiary/aromatic N) is 2. The van der Waals surface area contributed by atoms with Gasteiger partial charge in [-0.3, -0.25) is 4.90 Å². The number of fused-ring (bicyclic) bond motifs is 1. The first-order chi connectivity index (χ1) is 11.7. The van der Waals surface area contributed by atoms with Crippen LogP contribution in [0.3, 0.4) is 0 Å². The van der Waals surface area contributed by atoms with E-state index >= 15 is 0 Å². The highest BCUT2D eigenvalue weighted by Gasteiger charge is 2.27. The molecule has 1 aliphatic heterocycles. The molecule has 1 aliphatic rings. The van der Waals surface area contributed by atoms with Gasteiger partial charge in [0.25, 0.3) is 0 Å². The number of amides is 2. The summed E-state index contributed by atoms with van der Waals surface area (Å²) < 4.78 is 5.38. The second-order valence-corrected chi connectivity index (χ2v) is 5.75. The third-order valence-corrected chi connectivity index (χ3v) is 4.20. The van der Waals surface area contributed by atoms with Crippen molar-refractivity contribution in [3.8, 4) is 5.75 Å². The molecule has 2 aromatic rings. The number of hydrogen-bond acceptors (Lipinski definition) is 3. The smallest absolute Gasteiger partial charge is 0.321 e. The number of carbonyl (C=O) groups excluding carboxylic acids is 1. The molecule has 2 aromatic carbocycles. The van der Waals surface area contributed by atoms with Gasteiger partial charge in [-0.05, 0) is 24.6 Å². The average molecular weight is 325 g/mol. The van der Waals surface area contributed by atoms with E-state index in [1.54, 1.807) is 12.0 Å². The van der Waals surface area contributed by atoms with Gasteiger partial charge in [0.05, 0.1) is 18.5 Å². The van der Waals surface area contributed by atoms with Crippen molar-refractivity contribution in [2.75, 3.05) is 36.5 Å². The number of anilines is 2. The predicted molar refractivity (Wildman–Crippen MR) is 96.9 cm³/mol. The van der Waals surface area contributed by atoms with Gasteiger partial charge in [-0.2, -0.15) is 0 Å². The van der Waals surface area contributed by atoms with Gasteiger partial charge in [0, 0.05) is 32.2 Å². The highest BCUT2D eigenvalue weighted by Crippen LogP contribution is 2.37. The molecule has 5 nitrogen and oxygen atoms in total. The lowest BCUT2D eigenvalue weighted by molar-refractivity contribution is 0.246. The summed E-state index contributed by atoms with van der Waals surface area (Å²) >= 11 is 0. The van der Waals surface area contributed by atoms with Crippen molar-refractivity contribution >= 4 is 17.4 Å². The third-order valence-electron chi connectivity index (χ3n) is 4.20. The SMILES string of the molecule is CCNC(=O)N1CCN(Cc2ccccc2)c2cc(OC)ccc21. The van der Waals surface area contributed by atoms with Crippen LogP contribution in [0.25, 0.3) is 0 Å². The van der Waals surface area contributed by atoms with Crippen LogP contribution in [0.1, 0.15) is 12.5 Å². The van der Waals surface area contributed by atoms with Crippen LogP contribution < -0.4 is 19.9 Å². The van der Waals surface area contributed by atoms with E-state index in [0.29, 0.717) is 13.1 Å². The molecule has 0 saturated carbocycles. The van der Waals surface area contributed by atoms with Crippen molar-refractivity contribution in [1.82, 2.24) is 5.32 Å². The van der Waals surface area contributed by atoms with Crippen LogP contribution in [0, 0.1) is 0 Å². The molecule has 0 spiro atoms. The van der Waals surface area contributed by atoms with Crippen molar-refractivity contribution in [3.05, 3.63) is 54.1 Å². The summed E-state index contributed by atoms with van der Waals surface area (Å²) in [5, 5.41) is 2.89. The highest BCUT2D eigenvalue weighted by atomic mass is 16.5. The number of hydrogen-bond donors (Lipinski definition) is 1. The van der Waals surface area contributed by atoms with Crippen molar-refractivity contribution in [2.45, 2.75) is 13.5 Å². The second kappa shape index (κ2) is 7.25. The fourth-order valence-corrected chi connectivity index (χ4v) is 3.00. The van der Waals surface area contributed by atoms with Crippen LogP contribution >= 0.6 is 0 Å². The predicted octanol–water partition coefficient (Wildman–Crippen LogP) is 3.25. The summed E-state index contributed by atoms with van der Waals surface area (Å²) in [4.78, 5) is 16.4. The number of carbonyl (C=O) groups is 1. The van der Waals surface area contributed by atoms with Gasteiger partial charge in [0.1, 0.15) is 5.75 Å². The largest absolute Gasteiger partial charge is 0.497 e. The zero-order chi connectivity index (χ0) is 16.9. The van der Waals surface area contributed by atoms with E-state index in [9.17, 15) is 4.79 Å². The quantitative estimate of drug-likeness (QED) is 0.938. The van der Waals surface area contributed by atoms with Gasteiger partial charge in [-0.25, -0.2) is 4.79 Å². The van der Waals surface area contributed by atoms with E-state index in [2.05, 4.69) is 22.3 Å². The molecule has 0 atom stereocenters. The minimum absolute atomic E-state index is 0.0525. The van der Waals surface area contributed by atoms with Gasteiger partial charge < -0.3 is 15.0 Å². The molecule has 0 radical (unpaired) electrons. The van der Waals surface area contributed by atoms with Gasteiger partial charge >= 0.3 is 6.03 Å². The molecule has 0 bridgehead atoms. The van der Waals surface area contributed by atoms with E-state index in [1.807, 2.05) is 43.3 Å². The Hall–Kier alpha value is -2.69. The molecule has 5 heteroatoms. The molecule has 0 aliphatic carbocycles.